The minimum Gasteiger partial charge on any atom is -0.490 e. The number of fused-ring (bicyclic) bond motifs is 1. The van der Waals surface area contributed by atoms with Crippen LogP contribution in [0.25, 0.3) is 10.9 Å². The summed E-state index contributed by atoms with van der Waals surface area (Å²) in [5, 5.41) is 4.72. The Labute approximate surface area is 183 Å². The lowest BCUT2D eigenvalue weighted by Gasteiger charge is -2.34. The lowest BCUT2D eigenvalue weighted by Crippen LogP contribution is -2.47. The second-order valence-electron chi connectivity index (χ2n) is 6.90. The van der Waals surface area contributed by atoms with Gasteiger partial charge in [-0.05, 0) is 29.7 Å². The molecule has 0 amide bonds. The smallest absolute Gasteiger partial charge is 0.193 e. The normalized spacial score (nSPS) is 15.3. The van der Waals surface area contributed by atoms with Gasteiger partial charge in [-0.25, -0.2) is 0 Å². The predicted octanol–water partition coefficient (Wildman–Crippen LogP) is 4.40. The summed E-state index contributed by atoms with van der Waals surface area (Å²) in [6.07, 6.45) is 2.28. The minimum absolute atomic E-state index is 0. The predicted molar refractivity (Wildman–Crippen MR) is 126 cm³/mol. The quantitative estimate of drug-likeness (QED) is 0.324. The van der Waals surface area contributed by atoms with Crippen molar-refractivity contribution in [3.05, 3.63) is 66.4 Å². The van der Waals surface area contributed by atoms with E-state index in [2.05, 4.69) is 50.5 Å². The minimum atomic E-state index is 0. The summed E-state index contributed by atoms with van der Waals surface area (Å²) in [6, 6.07) is 20.6. The fraction of sp³-hybridized carbons (Fsp3) is 0.318. The number of aromatic nitrogens is 1. The number of benzene rings is 2. The van der Waals surface area contributed by atoms with Gasteiger partial charge >= 0.3 is 0 Å². The van der Waals surface area contributed by atoms with Crippen molar-refractivity contribution in [2.45, 2.75) is 25.5 Å². The molecule has 2 heterocycles. The van der Waals surface area contributed by atoms with Gasteiger partial charge in [-0.15, -0.1) is 24.0 Å². The number of hydrogen-bond donors (Lipinski definition) is 2. The van der Waals surface area contributed by atoms with E-state index in [1.807, 2.05) is 37.4 Å². The molecule has 1 aliphatic heterocycles. The van der Waals surface area contributed by atoms with Crippen molar-refractivity contribution in [2.24, 2.45) is 4.99 Å². The van der Waals surface area contributed by atoms with Crippen LogP contribution in [-0.4, -0.2) is 42.1 Å². The number of piperidine rings is 1. The number of H-pyrrole nitrogens is 1. The number of hydrogen-bond acceptors (Lipinski definition) is 2. The molecule has 1 saturated heterocycles. The van der Waals surface area contributed by atoms with Gasteiger partial charge in [0, 0.05) is 44.2 Å². The number of nitrogens with one attached hydrogen (secondary N) is 2. The zero-order valence-electron chi connectivity index (χ0n) is 16.1. The summed E-state index contributed by atoms with van der Waals surface area (Å²) in [6.45, 7) is 2.63. The Hall–Kier alpha value is -2.22. The Balaban J connectivity index is 0.00000225. The summed E-state index contributed by atoms with van der Waals surface area (Å²) in [5.41, 5.74) is 2.34. The molecule has 3 aromatic rings. The van der Waals surface area contributed by atoms with Crippen molar-refractivity contribution in [3.8, 4) is 5.75 Å². The maximum Gasteiger partial charge on any atom is 0.193 e. The number of likely N-dealkylation sites (tertiary alicyclic amines) is 1. The van der Waals surface area contributed by atoms with Crippen LogP contribution in [0.3, 0.4) is 0 Å². The Bertz CT molecular complexity index is 868. The molecule has 1 aromatic heterocycles. The summed E-state index contributed by atoms with van der Waals surface area (Å²) < 4.78 is 6.09. The molecule has 0 atom stereocenters. The third-order valence-corrected chi connectivity index (χ3v) is 5.02. The third kappa shape index (κ3) is 4.98. The van der Waals surface area contributed by atoms with Crippen LogP contribution in [0.4, 0.5) is 0 Å². The third-order valence-electron chi connectivity index (χ3n) is 5.02. The van der Waals surface area contributed by atoms with E-state index in [-0.39, 0.29) is 30.1 Å². The molecule has 28 heavy (non-hydrogen) atoms. The number of aromatic amines is 1. The van der Waals surface area contributed by atoms with E-state index in [0.29, 0.717) is 0 Å². The molecule has 4 rings (SSSR count). The van der Waals surface area contributed by atoms with E-state index in [9.17, 15) is 0 Å². The second kappa shape index (κ2) is 9.82. The molecular formula is C22H27IN4O. The number of guanidine groups is 1. The highest BCUT2D eigenvalue weighted by Gasteiger charge is 2.22. The molecule has 2 aromatic carbocycles. The standard InChI is InChI=1S/C22H26N4O.HI/c1-23-22(24-16-18-15-17-7-5-6-10-21(17)25-18)26-13-11-20(12-14-26)27-19-8-3-2-4-9-19;/h2-10,15,20,25H,11-14,16H2,1H3,(H,23,24);1H. The van der Waals surface area contributed by atoms with Gasteiger partial charge in [-0.1, -0.05) is 36.4 Å². The summed E-state index contributed by atoms with van der Waals surface area (Å²) in [7, 11) is 1.85. The Kier molecular flexibility index (Phi) is 7.19. The molecule has 0 unspecified atom stereocenters. The molecule has 148 valence electrons. The number of para-hydroxylation sites is 2. The number of aliphatic imine (C=N–C) groups is 1. The first kappa shape index (κ1) is 20.5. The van der Waals surface area contributed by atoms with Gasteiger partial charge in [0.25, 0.3) is 0 Å². The van der Waals surface area contributed by atoms with Crippen molar-refractivity contribution in [1.29, 1.82) is 0 Å². The maximum absolute atomic E-state index is 6.09. The molecule has 2 N–H and O–H groups in total. The highest BCUT2D eigenvalue weighted by atomic mass is 127. The Morgan fingerprint density at radius 3 is 2.54 bits per heavy atom. The van der Waals surface area contributed by atoms with Crippen molar-refractivity contribution in [3.63, 3.8) is 0 Å². The average molecular weight is 490 g/mol. The van der Waals surface area contributed by atoms with E-state index in [1.54, 1.807) is 0 Å². The van der Waals surface area contributed by atoms with Crippen LogP contribution in [-0.2, 0) is 6.54 Å². The molecule has 0 saturated carbocycles. The summed E-state index contributed by atoms with van der Waals surface area (Å²) >= 11 is 0. The number of ether oxygens (including phenoxy) is 1. The van der Waals surface area contributed by atoms with Gasteiger partial charge in [0.15, 0.2) is 5.96 Å². The van der Waals surface area contributed by atoms with Crippen molar-refractivity contribution in [1.82, 2.24) is 15.2 Å². The van der Waals surface area contributed by atoms with Crippen LogP contribution in [0.15, 0.2) is 65.7 Å². The van der Waals surface area contributed by atoms with Gasteiger partial charge in [0.1, 0.15) is 11.9 Å². The molecule has 1 fully saturated rings. The van der Waals surface area contributed by atoms with E-state index < -0.39 is 0 Å². The van der Waals surface area contributed by atoms with Gasteiger partial charge < -0.3 is 19.9 Å². The zero-order valence-corrected chi connectivity index (χ0v) is 18.4. The van der Waals surface area contributed by atoms with Crippen LogP contribution in [0, 0.1) is 0 Å². The van der Waals surface area contributed by atoms with Gasteiger partial charge in [0.05, 0.1) is 6.54 Å². The number of halogens is 1. The van der Waals surface area contributed by atoms with Gasteiger partial charge in [-0.3, -0.25) is 4.99 Å². The molecule has 0 radical (unpaired) electrons. The monoisotopic (exact) mass is 490 g/mol. The van der Waals surface area contributed by atoms with Gasteiger partial charge in [0.2, 0.25) is 0 Å². The van der Waals surface area contributed by atoms with Gasteiger partial charge in [-0.2, -0.15) is 0 Å². The fourth-order valence-electron chi connectivity index (χ4n) is 3.61. The van der Waals surface area contributed by atoms with Crippen molar-refractivity contribution in [2.75, 3.05) is 20.1 Å². The topological polar surface area (TPSA) is 52.7 Å². The average Bonchev–Trinajstić information content (AvgIpc) is 3.13. The van der Waals surface area contributed by atoms with Crippen molar-refractivity contribution >= 4 is 40.8 Å². The SMILES string of the molecule is CN=C(NCc1cc2ccccc2[nH]1)N1CCC(Oc2ccccc2)CC1.I. The summed E-state index contributed by atoms with van der Waals surface area (Å²) in [5.74, 6) is 1.91. The fourth-order valence-corrected chi connectivity index (χ4v) is 3.61. The molecule has 5 nitrogen and oxygen atoms in total. The first-order chi connectivity index (χ1) is 13.3. The van der Waals surface area contributed by atoms with Crippen molar-refractivity contribution < 1.29 is 4.74 Å². The van der Waals surface area contributed by atoms with E-state index in [1.165, 1.54) is 16.6 Å². The Morgan fingerprint density at radius 2 is 1.82 bits per heavy atom. The van der Waals surface area contributed by atoms with E-state index >= 15 is 0 Å². The zero-order chi connectivity index (χ0) is 18.5. The summed E-state index contributed by atoms with van der Waals surface area (Å²) in [4.78, 5) is 10.2. The first-order valence-corrected chi connectivity index (χ1v) is 9.56. The first-order valence-electron chi connectivity index (χ1n) is 9.56. The largest absolute Gasteiger partial charge is 0.490 e. The molecule has 0 bridgehead atoms. The maximum atomic E-state index is 6.09. The molecular weight excluding hydrogens is 463 g/mol. The lowest BCUT2D eigenvalue weighted by molar-refractivity contribution is 0.129. The molecule has 6 heteroatoms. The van der Waals surface area contributed by atoms with Crippen LogP contribution in [0.1, 0.15) is 18.5 Å². The molecule has 1 aliphatic rings. The van der Waals surface area contributed by atoms with E-state index in [4.69, 9.17) is 4.74 Å². The highest BCUT2D eigenvalue weighted by molar-refractivity contribution is 14.0. The lowest BCUT2D eigenvalue weighted by atomic mass is 10.1. The Morgan fingerprint density at radius 1 is 1.11 bits per heavy atom. The molecule has 0 spiro atoms. The highest BCUT2D eigenvalue weighted by Crippen LogP contribution is 2.19. The van der Waals surface area contributed by atoms with Crippen LogP contribution in [0.5, 0.6) is 5.75 Å². The van der Waals surface area contributed by atoms with Crippen LogP contribution in [0.2, 0.25) is 0 Å². The van der Waals surface area contributed by atoms with Crippen LogP contribution >= 0.6 is 24.0 Å². The number of nitrogens with zero attached hydrogens (tertiary/aromatic N) is 2. The van der Waals surface area contributed by atoms with E-state index in [0.717, 1.165) is 44.2 Å². The number of rotatable bonds is 4. The van der Waals surface area contributed by atoms with Crippen LogP contribution < -0.4 is 10.1 Å². The second-order valence-corrected chi connectivity index (χ2v) is 6.90. The molecule has 0 aliphatic carbocycles.